The molecule has 1 heterocycles. The number of hydrogen-bond donors (Lipinski definition) is 0. The molecule has 3 nitrogen and oxygen atoms in total. The van der Waals surface area contributed by atoms with E-state index in [4.69, 9.17) is 4.42 Å². The van der Waals surface area contributed by atoms with E-state index in [0.29, 0.717) is 5.92 Å². The number of carbonyl (C=O) groups excluding carboxylic acids is 1. The van der Waals surface area contributed by atoms with Crippen LogP contribution in [0.2, 0.25) is 0 Å². The molecule has 100 valence electrons. The first kappa shape index (κ1) is 12.3. The Morgan fingerprint density at radius 2 is 2.11 bits per heavy atom. The highest BCUT2D eigenvalue weighted by atomic mass is 16.3. The van der Waals surface area contributed by atoms with Gasteiger partial charge in [0.05, 0.1) is 6.04 Å². The molecule has 1 aliphatic rings. The summed E-state index contributed by atoms with van der Waals surface area (Å²) in [4.78, 5) is 14.0. The first-order valence-electron chi connectivity index (χ1n) is 6.83. The zero-order chi connectivity index (χ0) is 13.6. The molecule has 0 N–H and O–H groups in total. The molecule has 1 aliphatic carbocycles. The molecule has 0 aliphatic heterocycles. The summed E-state index contributed by atoms with van der Waals surface area (Å²) < 4.78 is 5.83. The lowest BCUT2D eigenvalue weighted by Gasteiger charge is -2.23. The number of fused-ring (bicyclic) bond motifs is 1. The average Bonchev–Trinajstić information content (AvgIpc) is 2.99. The van der Waals surface area contributed by atoms with Crippen molar-refractivity contribution < 1.29 is 9.21 Å². The van der Waals surface area contributed by atoms with Gasteiger partial charge in [0.1, 0.15) is 11.3 Å². The Balaban J connectivity index is 1.82. The predicted molar refractivity (Wildman–Crippen MR) is 74.7 cm³/mol. The summed E-state index contributed by atoms with van der Waals surface area (Å²) in [6.07, 6.45) is 1.02. The lowest BCUT2D eigenvalue weighted by Crippen LogP contribution is -2.31. The monoisotopic (exact) mass is 257 g/mol. The third kappa shape index (κ3) is 2.14. The third-order valence-corrected chi connectivity index (χ3v) is 4.21. The summed E-state index contributed by atoms with van der Waals surface area (Å²) >= 11 is 0. The van der Waals surface area contributed by atoms with Crippen molar-refractivity contribution in [1.82, 2.24) is 4.90 Å². The van der Waals surface area contributed by atoms with Crippen molar-refractivity contribution in [2.24, 2.45) is 11.8 Å². The van der Waals surface area contributed by atoms with Crippen LogP contribution in [0.4, 0.5) is 0 Å². The van der Waals surface area contributed by atoms with Gasteiger partial charge in [-0.3, -0.25) is 4.79 Å². The second kappa shape index (κ2) is 4.41. The van der Waals surface area contributed by atoms with Gasteiger partial charge in [0.15, 0.2) is 0 Å². The number of hydrogen-bond acceptors (Lipinski definition) is 2. The van der Waals surface area contributed by atoms with Crippen LogP contribution < -0.4 is 0 Å². The number of benzene rings is 1. The molecule has 3 atom stereocenters. The SMILES string of the molecule is CC1CC1C(=O)N(C)C(C)c1cc2ccccc2o1. The average molecular weight is 257 g/mol. The largest absolute Gasteiger partial charge is 0.459 e. The molecule has 1 aromatic carbocycles. The van der Waals surface area contributed by atoms with E-state index in [9.17, 15) is 4.79 Å². The van der Waals surface area contributed by atoms with Gasteiger partial charge in [0.25, 0.3) is 0 Å². The molecule has 3 heteroatoms. The van der Waals surface area contributed by atoms with Crippen molar-refractivity contribution in [2.45, 2.75) is 26.3 Å². The first-order chi connectivity index (χ1) is 9.08. The topological polar surface area (TPSA) is 33.5 Å². The van der Waals surface area contributed by atoms with E-state index in [2.05, 4.69) is 6.92 Å². The Labute approximate surface area is 113 Å². The number of para-hydroxylation sites is 1. The van der Waals surface area contributed by atoms with E-state index in [-0.39, 0.29) is 17.9 Å². The van der Waals surface area contributed by atoms with Crippen LogP contribution in [0.1, 0.15) is 32.1 Å². The predicted octanol–water partition coefficient (Wildman–Crippen LogP) is 3.61. The minimum Gasteiger partial charge on any atom is -0.459 e. The summed E-state index contributed by atoms with van der Waals surface area (Å²) in [6.45, 7) is 4.14. The smallest absolute Gasteiger partial charge is 0.226 e. The van der Waals surface area contributed by atoms with Crippen molar-refractivity contribution in [3.63, 3.8) is 0 Å². The van der Waals surface area contributed by atoms with Crippen LogP contribution in [0.15, 0.2) is 34.7 Å². The highest BCUT2D eigenvalue weighted by Crippen LogP contribution is 2.40. The maximum absolute atomic E-state index is 12.2. The van der Waals surface area contributed by atoms with Crippen LogP contribution in [0.3, 0.4) is 0 Å². The van der Waals surface area contributed by atoms with Crippen molar-refractivity contribution in [3.05, 3.63) is 36.1 Å². The summed E-state index contributed by atoms with van der Waals surface area (Å²) in [6, 6.07) is 9.94. The van der Waals surface area contributed by atoms with Crippen LogP contribution >= 0.6 is 0 Å². The van der Waals surface area contributed by atoms with Gasteiger partial charge in [-0.2, -0.15) is 0 Å². The van der Waals surface area contributed by atoms with E-state index in [1.807, 2.05) is 49.2 Å². The lowest BCUT2D eigenvalue weighted by molar-refractivity contribution is -0.133. The number of nitrogens with zero attached hydrogens (tertiary/aromatic N) is 1. The summed E-state index contributed by atoms with van der Waals surface area (Å²) in [5, 5.41) is 1.09. The molecule has 19 heavy (non-hydrogen) atoms. The van der Waals surface area contributed by atoms with Crippen molar-refractivity contribution in [2.75, 3.05) is 7.05 Å². The maximum atomic E-state index is 12.2. The molecule has 1 fully saturated rings. The third-order valence-electron chi connectivity index (χ3n) is 4.21. The molecule has 1 aromatic heterocycles. The number of furan rings is 1. The maximum Gasteiger partial charge on any atom is 0.226 e. The standard InChI is InChI=1S/C16H19NO2/c1-10-8-13(10)16(18)17(3)11(2)15-9-12-6-4-5-7-14(12)19-15/h4-7,9-11,13H,8H2,1-3H3. The summed E-state index contributed by atoms with van der Waals surface area (Å²) in [5.74, 6) is 1.85. The van der Waals surface area contributed by atoms with Gasteiger partial charge in [-0.25, -0.2) is 0 Å². The van der Waals surface area contributed by atoms with Gasteiger partial charge in [-0.15, -0.1) is 0 Å². The Morgan fingerprint density at radius 1 is 1.42 bits per heavy atom. The summed E-state index contributed by atoms with van der Waals surface area (Å²) in [7, 11) is 1.87. The molecule has 1 amide bonds. The highest BCUT2D eigenvalue weighted by Gasteiger charge is 2.41. The van der Waals surface area contributed by atoms with Gasteiger partial charge >= 0.3 is 0 Å². The van der Waals surface area contributed by atoms with Gasteiger partial charge < -0.3 is 9.32 Å². The van der Waals surface area contributed by atoms with Crippen LogP contribution in [0, 0.1) is 11.8 Å². The highest BCUT2D eigenvalue weighted by molar-refractivity contribution is 5.82. The summed E-state index contributed by atoms with van der Waals surface area (Å²) in [5.41, 5.74) is 0.880. The van der Waals surface area contributed by atoms with Gasteiger partial charge in [-0.1, -0.05) is 25.1 Å². The van der Waals surface area contributed by atoms with Crippen LogP contribution in [-0.2, 0) is 4.79 Å². The van der Waals surface area contributed by atoms with Crippen LogP contribution in [-0.4, -0.2) is 17.9 Å². The van der Waals surface area contributed by atoms with Crippen molar-refractivity contribution >= 4 is 16.9 Å². The molecule has 1 saturated carbocycles. The minimum atomic E-state index is -0.0206. The fraction of sp³-hybridized carbons (Fsp3) is 0.438. The molecular weight excluding hydrogens is 238 g/mol. The molecule has 0 radical (unpaired) electrons. The second-order valence-corrected chi connectivity index (χ2v) is 5.63. The molecular formula is C16H19NO2. The number of rotatable bonds is 3. The van der Waals surface area contributed by atoms with Gasteiger partial charge in [0, 0.05) is 18.4 Å². The van der Waals surface area contributed by atoms with Crippen LogP contribution in [0.25, 0.3) is 11.0 Å². The zero-order valence-electron chi connectivity index (χ0n) is 11.6. The molecule has 0 spiro atoms. The van der Waals surface area contributed by atoms with E-state index in [1.165, 1.54) is 0 Å². The fourth-order valence-electron chi connectivity index (χ4n) is 2.52. The Bertz CT molecular complexity index is 583. The zero-order valence-corrected chi connectivity index (χ0v) is 11.6. The van der Waals surface area contributed by atoms with Gasteiger partial charge in [0.2, 0.25) is 5.91 Å². The first-order valence-corrected chi connectivity index (χ1v) is 6.83. The number of amides is 1. The molecule has 3 rings (SSSR count). The van der Waals surface area contributed by atoms with E-state index < -0.39 is 0 Å². The molecule has 0 saturated heterocycles. The molecule has 2 aromatic rings. The van der Waals surface area contributed by atoms with Crippen LogP contribution in [0.5, 0.6) is 0 Å². The normalized spacial score (nSPS) is 23.3. The second-order valence-electron chi connectivity index (χ2n) is 5.63. The molecule has 3 unspecified atom stereocenters. The Hall–Kier alpha value is -1.77. The Kier molecular flexibility index (Phi) is 2.85. The van der Waals surface area contributed by atoms with Crippen molar-refractivity contribution in [3.8, 4) is 0 Å². The number of carbonyl (C=O) groups is 1. The Morgan fingerprint density at radius 3 is 2.74 bits per heavy atom. The van der Waals surface area contributed by atoms with E-state index in [1.54, 1.807) is 0 Å². The van der Waals surface area contributed by atoms with Gasteiger partial charge in [-0.05, 0) is 31.4 Å². The lowest BCUT2D eigenvalue weighted by atomic mass is 10.2. The van der Waals surface area contributed by atoms with E-state index in [0.717, 1.165) is 23.2 Å². The molecule has 0 bridgehead atoms. The quantitative estimate of drug-likeness (QED) is 0.841. The van der Waals surface area contributed by atoms with Crippen molar-refractivity contribution in [1.29, 1.82) is 0 Å². The van der Waals surface area contributed by atoms with E-state index >= 15 is 0 Å². The minimum absolute atomic E-state index is 0.0206. The fourth-order valence-corrected chi connectivity index (χ4v) is 2.52.